The molecule has 0 spiro atoms. The van der Waals surface area contributed by atoms with Gasteiger partial charge in [-0.3, -0.25) is 9.89 Å². The van der Waals surface area contributed by atoms with E-state index in [2.05, 4.69) is 20.5 Å². The van der Waals surface area contributed by atoms with Gasteiger partial charge < -0.3 is 5.32 Å². The maximum absolute atomic E-state index is 11.6. The smallest absolute Gasteiger partial charge is 0.289 e. The molecule has 1 aromatic rings. The molecule has 2 heterocycles. The fourth-order valence-electron chi connectivity index (χ4n) is 1.76. The van der Waals surface area contributed by atoms with Crippen molar-refractivity contribution in [3.8, 4) is 0 Å². The molecule has 1 aliphatic heterocycles. The third-order valence-electron chi connectivity index (χ3n) is 2.55. The lowest BCUT2D eigenvalue weighted by Crippen LogP contribution is -2.47. The van der Waals surface area contributed by atoms with Gasteiger partial charge in [0.1, 0.15) is 6.33 Å². The summed E-state index contributed by atoms with van der Waals surface area (Å²) in [5.74, 6) is -0.261. The number of aromatic amines is 1. The molecular weight excluding hydrogens is 232 g/mol. The van der Waals surface area contributed by atoms with Gasteiger partial charge in [-0.25, -0.2) is 13.4 Å². The van der Waals surface area contributed by atoms with E-state index in [1.165, 1.54) is 6.33 Å². The average molecular weight is 244 g/mol. The Bertz CT molecular complexity index is 495. The van der Waals surface area contributed by atoms with Crippen LogP contribution in [0.15, 0.2) is 6.33 Å². The van der Waals surface area contributed by atoms with Gasteiger partial charge >= 0.3 is 0 Å². The summed E-state index contributed by atoms with van der Waals surface area (Å²) in [6.07, 6.45) is 1.65. The summed E-state index contributed by atoms with van der Waals surface area (Å²) in [5.41, 5.74) is -0.706. The van der Waals surface area contributed by atoms with Crippen LogP contribution in [0, 0.1) is 0 Å². The second-order valence-electron chi connectivity index (χ2n) is 4.19. The van der Waals surface area contributed by atoms with Crippen LogP contribution < -0.4 is 5.32 Å². The van der Waals surface area contributed by atoms with E-state index in [1.54, 1.807) is 6.92 Å². The molecular formula is C8H12N4O3S. The van der Waals surface area contributed by atoms with E-state index in [0.29, 0.717) is 6.42 Å². The van der Waals surface area contributed by atoms with Crippen molar-refractivity contribution in [1.82, 2.24) is 20.5 Å². The normalized spacial score (nSPS) is 27.8. The van der Waals surface area contributed by atoms with Crippen LogP contribution in [0.2, 0.25) is 0 Å². The SMILES string of the molecule is CC1(NC(=O)c2ncn[nH]2)CCS(=O)(=O)C1. The highest BCUT2D eigenvalue weighted by atomic mass is 32.2. The molecule has 1 amide bonds. The molecule has 88 valence electrons. The largest absolute Gasteiger partial charge is 0.343 e. The first-order valence-corrected chi connectivity index (χ1v) is 6.61. The van der Waals surface area contributed by atoms with Crippen molar-refractivity contribution in [2.45, 2.75) is 18.9 Å². The van der Waals surface area contributed by atoms with E-state index in [9.17, 15) is 13.2 Å². The lowest BCUT2D eigenvalue weighted by molar-refractivity contribution is 0.0905. The topological polar surface area (TPSA) is 105 Å². The Morgan fingerprint density at radius 3 is 2.88 bits per heavy atom. The van der Waals surface area contributed by atoms with Gasteiger partial charge in [-0.05, 0) is 13.3 Å². The zero-order chi connectivity index (χ0) is 11.8. The van der Waals surface area contributed by atoms with Crippen LogP contribution in [0.5, 0.6) is 0 Å². The van der Waals surface area contributed by atoms with Crippen molar-refractivity contribution < 1.29 is 13.2 Å². The summed E-state index contributed by atoms with van der Waals surface area (Å²) in [7, 11) is -3.03. The number of sulfone groups is 1. The summed E-state index contributed by atoms with van der Waals surface area (Å²) in [6, 6.07) is 0. The van der Waals surface area contributed by atoms with Gasteiger partial charge in [0.05, 0.1) is 17.0 Å². The Labute approximate surface area is 92.6 Å². The number of aromatic nitrogens is 3. The Morgan fingerprint density at radius 2 is 2.38 bits per heavy atom. The number of nitrogens with one attached hydrogen (secondary N) is 2. The van der Waals surface area contributed by atoms with Gasteiger partial charge in [0.2, 0.25) is 5.82 Å². The Morgan fingerprint density at radius 1 is 1.62 bits per heavy atom. The minimum atomic E-state index is -3.03. The van der Waals surface area contributed by atoms with E-state index in [4.69, 9.17) is 0 Å². The first kappa shape index (κ1) is 11.1. The fourth-order valence-corrected chi connectivity index (χ4v) is 3.85. The molecule has 0 bridgehead atoms. The van der Waals surface area contributed by atoms with Gasteiger partial charge in [0.25, 0.3) is 5.91 Å². The molecule has 2 N–H and O–H groups in total. The molecule has 16 heavy (non-hydrogen) atoms. The second-order valence-corrected chi connectivity index (χ2v) is 6.37. The Hall–Kier alpha value is -1.44. The summed E-state index contributed by atoms with van der Waals surface area (Å²) < 4.78 is 22.7. The average Bonchev–Trinajstić information content (AvgIpc) is 2.73. The van der Waals surface area contributed by atoms with Crippen LogP contribution in [0.1, 0.15) is 24.0 Å². The van der Waals surface area contributed by atoms with Crippen LogP contribution in [-0.2, 0) is 9.84 Å². The van der Waals surface area contributed by atoms with Gasteiger partial charge in [-0.2, -0.15) is 5.10 Å². The first-order valence-electron chi connectivity index (χ1n) is 4.79. The molecule has 1 aliphatic rings. The number of amides is 1. The van der Waals surface area contributed by atoms with Crippen molar-refractivity contribution >= 4 is 15.7 Å². The van der Waals surface area contributed by atoms with E-state index in [0.717, 1.165) is 0 Å². The van der Waals surface area contributed by atoms with Gasteiger partial charge in [0, 0.05) is 0 Å². The molecule has 1 aromatic heterocycles. The minimum absolute atomic E-state index is 0.0279. The quantitative estimate of drug-likeness (QED) is 0.702. The predicted octanol–water partition coefficient (Wildman–Crippen LogP) is -0.888. The fraction of sp³-hybridized carbons (Fsp3) is 0.625. The van der Waals surface area contributed by atoms with Crippen LogP contribution in [0.4, 0.5) is 0 Å². The summed E-state index contributed by atoms with van der Waals surface area (Å²) >= 11 is 0. The Kier molecular flexibility index (Phi) is 2.45. The van der Waals surface area contributed by atoms with Gasteiger partial charge in [-0.15, -0.1) is 0 Å². The van der Waals surface area contributed by atoms with E-state index < -0.39 is 21.3 Å². The van der Waals surface area contributed by atoms with E-state index in [-0.39, 0.29) is 17.3 Å². The lowest BCUT2D eigenvalue weighted by atomic mass is 10.0. The number of hydrogen-bond acceptors (Lipinski definition) is 5. The van der Waals surface area contributed by atoms with Crippen molar-refractivity contribution in [2.75, 3.05) is 11.5 Å². The number of carbonyl (C=O) groups is 1. The highest BCUT2D eigenvalue weighted by molar-refractivity contribution is 7.91. The highest BCUT2D eigenvalue weighted by Crippen LogP contribution is 2.22. The number of hydrogen-bond donors (Lipinski definition) is 2. The molecule has 1 saturated heterocycles. The zero-order valence-corrected chi connectivity index (χ0v) is 9.54. The zero-order valence-electron chi connectivity index (χ0n) is 8.73. The maximum Gasteiger partial charge on any atom is 0.289 e. The molecule has 0 radical (unpaired) electrons. The molecule has 0 aliphatic carbocycles. The van der Waals surface area contributed by atoms with Gasteiger partial charge in [0.15, 0.2) is 9.84 Å². The molecule has 7 nitrogen and oxygen atoms in total. The number of rotatable bonds is 2. The molecule has 2 rings (SSSR count). The van der Waals surface area contributed by atoms with Crippen molar-refractivity contribution in [1.29, 1.82) is 0 Å². The summed E-state index contributed by atoms with van der Waals surface area (Å²) in [5, 5.41) is 8.64. The van der Waals surface area contributed by atoms with Crippen molar-refractivity contribution in [3.05, 3.63) is 12.2 Å². The first-order chi connectivity index (χ1) is 7.40. The third-order valence-corrected chi connectivity index (χ3v) is 4.45. The second kappa shape index (κ2) is 3.55. The minimum Gasteiger partial charge on any atom is -0.343 e. The number of nitrogens with zero attached hydrogens (tertiary/aromatic N) is 2. The molecule has 8 heteroatoms. The van der Waals surface area contributed by atoms with E-state index in [1.807, 2.05) is 0 Å². The monoisotopic (exact) mass is 244 g/mol. The highest BCUT2D eigenvalue weighted by Gasteiger charge is 2.39. The maximum atomic E-state index is 11.6. The van der Waals surface area contributed by atoms with E-state index >= 15 is 0 Å². The molecule has 1 fully saturated rings. The number of H-pyrrole nitrogens is 1. The molecule has 1 unspecified atom stereocenters. The predicted molar refractivity (Wildman–Crippen MR) is 55.5 cm³/mol. The third kappa shape index (κ3) is 2.21. The van der Waals surface area contributed by atoms with Crippen LogP contribution >= 0.6 is 0 Å². The van der Waals surface area contributed by atoms with Crippen LogP contribution in [-0.4, -0.2) is 46.6 Å². The molecule has 0 saturated carbocycles. The summed E-state index contributed by atoms with van der Waals surface area (Å²) in [6.45, 7) is 1.71. The Balaban J connectivity index is 2.09. The molecule has 0 aromatic carbocycles. The summed E-state index contributed by atoms with van der Waals surface area (Å²) in [4.78, 5) is 15.3. The number of carbonyl (C=O) groups excluding carboxylic acids is 1. The van der Waals surface area contributed by atoms with Crippen molar-refractivity contribution in [2.24, 2.45) is 0 Å². The molecule has 1 atom stereocenters. The van der Waals surface area contributed by atoms with Crippen LogP contribution in [0.25, 0.3) is 0 Å². The van der Waals surface area contributed by atoms with Gasteiger partial charge in [-0.1, -0.05) is 0 Å². The standard InChI is InChI=1S/C8H12N4O3S/c1-8(2-3-16(14,15)4-8)11-7(13)6-9-5-10-12-6/h5H,2-4H2,1H3,(H,11,13)(H,9,10,12). The lowest BCUT2D eigenvalue weighted by Gasteiger charge is -2.22. The van der Waals surface area contributed by atoms with Crippen molar-refractivity contribution in [3.63, 3.8) is 0 Å². The van der Waals surface area contributed by atoms with Crippen LogP contribution in [0.3, 0.4) is 0 Å².